The number of hydrogen-bond acceptors (Lipinski definition) is 2. The van der Waals surface area contributed by atoms with Gasteiger partial charge in [0.25, 0.3) is 5.92 Å². The Morgan fingerprint density at radius 2 is 1.74 bits per heavy atom. The molecule has 0 aliphatic heterocycles. The van der Waals surface area contributed by atoms with Crippen LogP contribution in [0.15, 0.2) is 0 Å². The molecule has 0 bridgehead atoms. The van der Waals surface area contributed by atoms with Gasteiger partial charge in [-0.15, -0.1) is 0 Å². The molecule has 2 atom stereocenters. The number of halogens is 5. The van der Waals surface area contributed by atoms with Gasteiger partial charge in [-0.25, -0.2) is 8.78 Å². The lowest BCUT2D eigenvalue weighted by molar-refractivity contribution is -0.198. The van der Waals surface area contributed by atoms with E-state index in [9.17, 15) is 26.7 Å². The third kappa shape index (κ3) is 4.59. The van der Waals surface area contributed by atoms with Crippen molar-refractivity contribution >= 4 is 5.91 Å². The van der Waals surface area contributed by atoms with Gasteiger partial charge in [0, 0.05) is 5.92 Å². The fourth-order valence-corrected chi connectivity index (χ4v) is 2.24. The Balaban J connectivity index is 2.63. The minimum absolute atomic E-state index is 0.0424. The largest absolute Gasteiger partial charge is 0.392 e. The lowest BCUT2D eigenvalue weighted by Crippen LogP contribution is -2.46. The molecule has 3 nitrogen and oxygen atoms in total. The second-order valence-electron chi connectivity index (χ2n) is 4.77. The van der Waals surface area contributed by atoms with Gasteiger partial charge in [-0.2, -0.15) is 13.2 Å². The summed E-state index contributed by atoms with van der Waals surface area (Å²) >= 11 is 0. The molecule has 1 aliphatic carbocycles. The molecule has 2 unspecified atom stereocenters. The highest BCUT2D eigenvalue weighted by Gasteiger charge is 2.48. The van der Waals surface area contributed by atoms with Crippen LogP contribution in [0.1, 0.15) is 25.7 Å². The summed E-state index contributed by atoms with van der Waals surface area (Å²) in [5.41, 5.74) is 0. The summed E-state index contributed by atoms with van der Waals surface area (Å²) in [4.78, 5) is 11.6. The molecule has 0 aromatic rings. The number of amides is 1. The molecule has 1 rings (SSSR count). The Morgan fingerprint density at radius 1 is 1.16 bits per heavy atom. The monoisotopic (exact) mass is 289 g/mol. The standard InChI is InChI=1S/C11H16F5NO2/c12-10(13,6-18)5-17-9(19)7-3-1-2-4-8(7)11(14,15)16/h7-8,18H,1-6H2,(H,17,19). The molecule has 19 heavy (non-hydrogen) atoms. The predicted octanol–water partition coefficient (Wildman–Crippen LogP) is 2.10. The minimum Gasteiger partial charge on any atom is -0.390 e. The highest BCUT2D eigenvalue weighted by Crippen LogP contribution is 2.41. The van der Waals surface area contributed by atoms with Crippen molar-refractivity contribution in [2.24, 2.45) is 11.8 Å². The average molecular weight is 289 g/mol. The van der Waals surface area contributed by atoms with Crippen molar-refractivity contribution in [3.05, 3.63) is 0 Å². The third-order valence-corrected chi connectivity index (χ3v) is 3.28. The number of rotatable bonds is 4. The van der Waals surface area contributed by atoms with Crippen LogP contribution in [0.25, 0.3) is 0 Å². The lowest BCUT2D eigenvalue weighted by Gasteiger charge is -2.32. The first kappa shape index (κ1) is 16.1. The van der Waals surface area contributed by atoms with Gasteiger partial charge in [0.2, 0.25) is 5.91 Å². The quantitative estimate of drug-likeness (QED) is 0.779. The van der Waals surface area contributed by atoms with E-state index >= 15 is 0 Å². The smallest absolute Gasteiger partial charge is 0.390 e. The molecule has 2 N–H and O–H groups in total. The van der Waals surface area contributed by atoms with Crippen LogP contribution in [0.2, 0.25) is 0 Å². The van der Waals surface area contributed by atoms with Crippen LogP contribution in [0.3, 0.4) is 0 Å². The highest BCUT2D eigenvalue weighted by molar-refractivity contribution is 5.79. The number of nitrogens with one attached hydrogen (secondary N) is 1. The van der Waals surface area contributed by atoms with Gasteiger partial charge < -0.3 is 10.4 Å². The van der Waals surface area contributed by atoms with Gasteiger partial charge in [-0.05, 0) is 12.8 Å². The van der Waals surface area contributed by atoms with Gasteiger partial charge in [0.15, 0.2) is 0 Å². The molecule has 112 valence electrons. The summed E-state index contributed by atoms with van der Waals surface area (Å²) in [5.74, 6) is -7.62. The number of alkyl halides is 5. The van der Waals surface area contributed by atoms with E-state index < -0.39 is 43.0 Å². The van der Waals surface area contributed by atoms with E-state index in [1.165, 1.54) is 0 Å². The Bertz CT molecular complexity index is 319. The van der Waals surface area contributed by atoms with E-state index in [1.54, 1.807) is 5.32 Å². The fraction of sp³-hybridized carbons (Fsp3) is 0.909. The molecule has 0 saturated heterocycles. The van der Waals surface area contributed by atoms with Crippen LogP contribution in [0, 0.1) is 11.8 Å². The van der Waals surface area contributed by atoms with E-state index in [-0.39, 0.29) is 12.8 Å². The van der Waals surface area contributed by atoms with Crippen LogP contribution < -0.4 is 5.32 Å². The van der Waals surface area contributed by atoms with Crippen LogP contribution in [0.5, 0.6) is 0 Å². The van der Waals surface area contributed by atoms with Crippen molar-refractivity contribution < 1.29 is 31.9 Å². The SMILES string of the molecule is O=C(NCC(F)(F)CO)C1CCCCC1C(F)(F)F. The minimum atomic E-state index is -4.50. The molecule has 1 amide bonds. The average Bonchev–Trinajstić information content (AvgIpc) is 2.35. The van der Waals surface area contributed by atoms with Crippen molar-refractivity contribution in [3.8, 4) is 0 Å². The van der Waals surface area contributed by atoms with Crippen molar-refractivity contribution in [1.29, 1.82) is 0 Å². The van der Waals surface area contributed by atoms with E-state index in [0.717, 1.165) is 0 Å². The van der Waals surface area contributed by atoms with Gasteiger partial charge >= 0.3 is 6.18 Å². The molecule has 1 aliphatic rings. The molecule has 0 heterocycles. The van der Waals surface area contributed by atoms with Gasteiger partial charge in [0.1, 0.15) is 6.61 Å². The number of carbonyl (C=O) groups is 1. The molecule has 0 spiro atoms. The highest BCUT2D eigenvalue weighted by atomic mass is 19.4. The third-order valence-electron chi connectivity index (χ3n) is 3.28. The van der Waals surface area contributed by atoms with Crippen LogP contribution in [-0.4, -0.2) is 36.3 Å². The summed E-state index contributed by atoms with van der Waals surface area (Å²) in [5, 5.41) is 10.1. The molecular formula is C11H16F5NO2. The summed E-state index contributed by atoms with van der Waals surface area (Å²) in [6, 6.07) is 0. The molecule has 0 aromatic carbocycles. The second-order valence-corrected chi connectivity index (χ2v) is 4.77. The summed E-state index contributed by atoms with van der Waals surface area (Å²) in [6.07, 6.45) is -3.76. The zero-order chi connectivity index (χ0) is 14.7. The van der Waals surface area contributed by atoms with Gasteiger partial charge in [-0.3, -0.25) is 4.79 Å². The van der Waals surface area contributed by atoms with E-state index in [0.29, 0.717) is 12.8 Å². The van der Waals surface area contributed by atoms with Crippen molar-refractivity contribution in [3.63, 3.8) is 0 Å². The topological polar surface area (TPSA) is 49.3 Å². The lowest BCUT2D eigenvalue weighted by atomic mass is 9.78. The summed E-state index contributed by atoms with van der Waals surface area (Å²) < 4.78 is 63.6. The molecular weight excluding hydrogens is 273 g/mol. The summed E-state index contributed by atoms with van der Waals surface area (Å²) in [6.45, 7) is -2.61. The zero-order valence-electron chi connectivity index (χ0n) is 10.1. The van der Waals surface area contributed by atoms with Crippen molar-refractivity contribution in [2.75, 3.05) is 13.2 Å². The fourth-order valence-electron chi connectivity index (χ4n) is 2.24. The summed E-state index contributed by atoms with van der Waals surface area (Å²) in [7, 11) is 0. The van der Waals surface area contributed by atoms with E-state index in [4.69, 9.17) is 5.11 Å². The van der Waals surface area contributed by atoms with E-state index in [1.807, 2.05) is 0 Å². The number of aliphatic hydroxyl groups excluding tert-OH is 1. The number of aliphatic hydroxyl groups is 1. The Kier molecular flexibility index (Phi) is 5.11. The van der Waals surface area contributed by atoms with Gasteiger partial charge in [-0.1, -0.05) is 12.8 Å². The molecule has 1 saturated carbocycles. The molecule has 8 heteroatoms. The van der Waals surface area contributed by atoms with Crippen LogP contribution in [-0.2, 0) is 4.79 Å². The maximum atomic E-state index is 12.7. The molecule has 0 radical (unpaired) electrons. The first-order chi connectivity index (χ1) is 8.67. The second kappa shape index (κ2) is 6.02. The predicted molar refractivity (Wildman–Crippen MR) is 56.5 cm³/mol. The molecule has 1 fully saturated rings. The molecule has 0 aromatic heterocycles. The Morgan fingerprint density at radius 3 is 2.26 bits per heavy atom. The van der Waals surface area contributed by atoms with Crippen molar-refractivity contribution in [2.45, 2.75) is 37.8 Å². The first-order valence-electron chi connectivity index (χ1n) is 6.00. The van der Waals surface area contributed by atoms with Crippen molar-refractivity contribution in [1.82, 2.24) is 5.32 Å². The maximum Gasteiger partial charge on any atom is 0.392 e. The van der Waals surface area contributed by atoms with Crippen LogP contribution >= 0.6 is 0 Å². The number of carbonyl (C=O) groups excluding carboxylic acids is 1. The maximum absolute atomic E-state index is 12.7. The normalized spacial score (nSPS) is 25.2. The zero-order valence-corrected chi connectivity index (χ0v) is 10.1. The first-order valence-corrected chi connectivity index (χ1v) is 6.00. The van der Waals surface area contributed by atoms with E-state index in [2.05, 4.69) is 0 Å². The number of hydrogen-bond donors (Lipinski definition) is 2. The van der Waals surface area contributed by atoms with Gasteiger partial charge in [0.05, 0.1) is 12.5 Å². The Labute approximate surface area is 107 Å². The Hall–Kier alpha value is -0.920. The van der Waals surface area contributed by atoms with Crippen LogP contribution in [0.4, 0.5) is 22.0 Å².